The summed E-state index contributed by atoms with van der Waals surface area (Å²) in [6, 6.07) is 21.1. The number of anilines is 1. The van der Waals surface area contributed by atoms with Crippen molar-refractivity contribution in [2.45, 2.75) is 12.5 Å². The van der Waals surface area contributed by atoms with E-state index in [2.05, 4.69) is 5.32 Å². The van der Waals surface area contributed by atoms with Crippen LogP contribution in [-0.4, -0.2) is 19.0 Å². The van der Waals surface area contributed by atoms with Crippen molar-refractivity contribution in [3.05, 3.63) is 95.8 Å². The molecule has 3 aromatic carbocycles. The molecule has 0 aliphatic rings. The van der Waals surface area contributed by atoms with Crippen LogP contribution < -0.4 is 10.1 Å². The number of rotatable bonds is 7. The fourth-order valence-corrected chi connectivity index (χ4v) is 2.72. The molecule has 3 aromatic rings. The molecule has 0 heterocycles. The minimum Gasteiger partial charge on any atom is -0.497 e. The topological polar surface area (TPSA) is 64.6 Å². The zero-order valence-corrected chi connectivity index (χ0v) is 15.8. The van der Waals surface area contributed by atoms with Gasteiger partial charge in [-0.15, -0.1) is 0 Å². The van der Waals surface area contributed by atoms with Crippen molar-refractivity contribution in [3.8, 4) is 5.75 Å². The van der Waals surface area contributed by atoms with Crippen molar-refractivity contribution in [3.63, 3.8) is 0 Å². The first-order valence-electron chi connectivity index (χ1n) is 8.99. The van der Waals surface area contributed by atoms with E-state index in [1.807, 2.05) is 6.07 Å². The van der Waals surface area contributed by atoms with Crippen molar-refractivity contribution in [1.29, 1.82) is 0 Å². The molecule has 0 bridgehead atoms. The Balaban J connectivity index is 1.74. The van der Waals surface area contributed by atoms with Gasteiger partial charge in [-0.2, -0.15) is 0 Å². The molecule has 0 aliphatic carbocycles. The SMILES string of the molecule is COc1ccc(NC(=O)C(OC(=O)Cc2ccc(F)cc2)c2ccccc2)cc1. The molecule has 1 atom stereocenters. The van der Waals surface area contributed by atoms with Gasteiger partial charge in [0.15, 0.2) is 0 Å². The van der Waals surface area contributed by atoms with Gasteiger partial charge in [-0.25, -0.2) is 4.39 Å². The van der Waals surface area contributed by atoms with E-state index >= 15 is 0 Å². The number of hydrogen-bond acceptors (Lipinski definition) is 4. The van der Waals surface area contributed by atoms with Gasteiger partial charge < -0.3 is 14.8 Å². The molecule has 1 N–H and O–H groups in total. The van der Waals surface area contributed by atoms with Crippen LogP contribution in [0.2, 0.25) is 0 Å². The second-order valence-corrected chi connectivity index (χ2v) is 6.30. The molecule has 1 amide bonds. The smallest absolute Gasteiger partial charge is 0.311 e. The highest BCUT2D eigenvalue weighted by Crippen LogP contribution is 2.22. The van der Waals surface area contributed by atoms with Crippen molar-refractivity contribution >= 4 is 17.6 Å². The molecular weight excluding hydrogens is 373 g/mol. The summed E-state index contributed by atoms with van der Waals surface area (Å²) in [7, 11) is 1.56. The summed E-state index contributed by atoms with van der Waals surface area (Å²) in [6.07, 6.45) is -1.19. The quantitative estimate of drug-likeness (QED) is 0.608. The highest BCUT2D eigenvalue weighted by atomic mass is 19.1. The van der Waals surface area contributed by atoms with E-state index in [-0.39, 0.29) is 12.2 Å². The van der Waals surface area contributed by atoms with Crippen LogP contribution in [0.3, 0.4) is 0 Å². The van der Waals surface area contributed by atoms with E-state index < -0.39 is 18.0 Å². The molecule has 0 saturated carbocycles. The molecule has 0 aliphatic heterocycles. The fraction of sp³-hybridized carbons (Fsp3) is 0.130. The Morgan fingerprint density at radius 3 is 2.21 bits per heavy atom. The summed E-state index contributed by atoms with van der Waals surface area (Å²) < 4.78 is 23.6. The van der Waals surface area contributed by atoms with E-state index in [0.29, 0.717) is 22.6 Å². The number of esters is 1. The molecule has 0 fully saturated rings. The third-order valence-corrected chi connectivity index (χ3v) is 4.21. The van der Waals surface area contributed by atoms with E-state index in [1.54, 1.807) is 55.6 Å². The van der Waals surface area contributed by atoms with Crippen LogP contribution in [0.4, 0.5) is 10.1 Å². The molecule has 5 nitrogen and oxygen atoms in total. The van der Waals surface area contributed by atoms with Crippen molar-refractivity contribution in [1.82, 2.24) is 0 Å². The maximum Gasteiger partial charge on any atom is 0.311 e. The number of hydrogen-bond donors (Lipinski definition) is 1. The average Bonchev–Trinajstić information content (AvgIpc) is 2.75. The Morgan fingerprint density at radius 1 is 0.931 bits per heavy atom. The Kier molecular flexibility index (Phi) is 6.58. The molecule has 148 valence electrons. The number of amides is 1. The Labute approximate surface area is 168 Å². The van der Waals surface area contributed by atoms with Crippen LogP contribution in [0.25, 0.3) is 0 Å². The number of carbonyl (C=O) groups is 2. The minimum atomic E-state index is -1.12. The summed E-state index contributed by atoms with van der Waals surface area (Å²) in [4.78, 5) is 25.2. The summed E-state index contributed by atoms with van der Waals surface area (Å²) >= 11 is 0. The maximum absolute atomic E-state index is 13.0. The van der Waals surface area contributed by atoms with Crippen molar-refractivity contribution in [2.75, 3.05) is 12.4 Å². The molecule has 6 heteroatoms. The zero-order chi connectivity index (χ0) is 20.6. The predicted molar refractivity (Wildman–Crippen MR) is 107 cm³/mol. The maximum atomic E-state index is 13.0. The van der Waals surface area contributed by atoms with E-state index in [9.17, 15) is 14.0 Å². The highest BCUT2D eigenvalue weighted by Gasteiger charge is 2.25. The van der Waals surface area contributed by atoms with Gasteiger partial charge >= 0.3 is 5.97 Å². The lowest BCUT2D eigenvalue weighted by atomic mass is 10.1. The first-order valence-corrected chi connectivity index (χ1v) is 8.99. The summed E-state index contributed by atoms with van der Waals surface area (Å²) in [5, 5.41) is 2.75. The van der Waals surface area contributed by atoms with Gasteiger partial charge in [0, 0.05) is 11.3 Å². The molecule has 0 spiro atoms. The van der Waals surface area contributed by atoms with Crippen LogP contribution in [-0.2, 0) is 20.7 Å². The lowest BCUT2D eigenvalue weighted by Gasteiger charge is -2.18. The number of benzene rings is 3. The third-order valence-electron chi connectivity index (χ3n) is 4.21. The summed E-state index contributed by atoms with van der Waals surface area (Å²) in [5.41, 5.74) is 1.69. The fourth-order valence-electron chi connectivity index (χ4n) is 2.72. The second-order valence-electron chi connectivity index (χ2n) is 6.30. The van der Waals surface area contributed by atoms with Gasteiger partial charge in [0.2, 0.25) is 6.10 Å². The van der Waals surface area contributed by atoms with Crippen LogP contribution in [0.1, 0.15) is 17.2 Å². The monoisotopic (exact) mass is 393 g/mol. The van der Waals surface area contributed by atoms with Gasteiger partial charge in [0.1, 0.15) is 11.6 Å². The first kappa shape index (κ1) is 20.1. The number of carbonyl (C=O) groups excluding carboxylic acids is 2. The van der Waals surface area contributed by atoms with Crippen LogP contribution in [0.15, 0.2) is 78.9 Å². The van der Waals surface area contributed by atoms with E-state index in [0.717, 1.165) is 0 Å². The van der Waals surface area contributed by atoms with Crippen LogP contribution in [0, 0.1) is 5.82 Å². The average molecular weight is 393 g/mol. The van der Waals surface area contributed by atoms with Gasteiger partial charge in [-0.1, -0.05) is 42.5 Å². The molecule has 0 saturated heterocycles. The molecule has 0 radical (unpaired) electrons. The minimum absolute atomic E-state index is 0.0700. The lowest BCUT2D eigenvalue weighted by Crippen LogP contribution is -2.26. The number of nitrogens with one attached hydrogen (secondary N) is 1. The lowest BCUT2D eigenvalue weighted by molar-refractivity contribution is -0.154. The number of ether oxygens (including phenoxy) is 2. The van der Waals surface area contributed by atoms with Gasteiger partial charge in [0.25, 0.3) is 5.91 Å². The molecular formula is C23H20FNO4. The first-order chi connectivity index (χ1) is 14.0. The Hall–Kier alpha value is -3.67. The number of halogens is 1. The Bertz CT molecular complexity index is 956. The zero-order valence-electron chi connectivity index (χ0n) is 15.8. The highest BCUT2D eigenvalue weighted by molar-refractivity contribution is 5.96. The molecule has 0 aromatic heterocycles. The molecule has 29 heavy (non-hydrogen) atoms. The second kappa shape index (κ2) is 9.50. The van der Waals surface area contributed by atoms with Crippen LogP contribution >= 0.6 is 0 Å². The number of methoxy groups -OCH3 is 1. The third kappa shape index (κ3) is 5.65. The molecule has 3 rings (SSSR count). The van der Waals surface area contributed by atoms with Crippen LogP contribution in [0.5, 0.6) is 5.75 Å². The standard InChI is InChI=1S/C23H20FNO4/c1-28-20-13-11-19(12-14-20)25-23(27)22(17-5-3-2-4-6-17)29-21(26)15-16-7-9-18(24)10-8-16/h2-14,22H,15H2,1H3,(H,25,27). The van der Waals surface area contributed by atoms with Gasteiger partial charge in [-0.05, 0) is 42.0 Å². The van der Waals surface area contributed by atoms with E-state index in [4.69, 9.17) is 9.47 Å². The normalized spacial score (nSPS) is 11.4. The predicted octanol–water partition coefficient (Wildman–Crippen LogP) is 4.30. The van der Waals surface area contributed by atoms with Gasteiger partial charge in [-0.3, -0.25) is 9.59 Å². The summed E-state index contributed by atoms with van der Waals surface area (Å²) in [5.74, 6) is -0.791. The van der Waals surface area contributed by atoms with E-state index in [1.165, 1.54) is 24.3 Å². The summed E-state index contributed by atoms with van der Waals surface area (Å²) in [6.45, 7) is 0. The Morgan fingerprint density at radius 2 is 1.59 bits per heavy atom. The largest absolute Gasteiger partial charge is 0.497 e. The van der Waals surface area contributed by atoms with Crippen molar-refractivity contribution in [2.24, 2.45) is 0 Å². The van der Waals surface area contributed by atoms with Gasteiger partial charge in [0.05, 0.1) is 13.5 Å². The molecule has 1 unspecified atom stereocenters. The van der Waals surface area contributed by atoms with Crippen molar-refractivity contribution < 1.29 is 23.5 Å².